The van der Waals surface area contributed by atoms with Crippen LogP contribution >= 0.6 is 55.1 Å². The molecule has 0 heterocycles. The Kier molecular flexibility index (Phi) is 5.91. The van der Waals surface area contributed by atoms with Gasteiger partial charge in [0.1, 0.15) is 0 Å². The summed E-state index contributed by atoms with van der Waals surface area (Å²) in [5.41, 5.74) is 0. The van der Waals surface area contributed by atoms with Crippen LogP contribution in [0, 0.1) is 0 Å². The van der Waals surface area contributed by atoms with E-state index in [9.17, 15) is 0 Å². The maximum atomic E-state index is 5.59. The number of halogens is 4. The first-order valence-electron chi connectivity index (χ1n) is 1.87. The smallest absolute Gasteiger partial charge is 0.0440 e. The highest BCUT2D eigenvalue weighted by Crippen LogP contribution is 2.17. The van der Waals surface area contributed by atoms with E-state index in [-0.39, 0.29) is 0 Å². The minimum atomic E-state index is 0.624. The Morgan fingerprint density at radius 3 is 1.38 bits per heavy atom. The third-order valence-corrected chi connectivity index (χ3v) is 3.12. The van der Waals surface area contributed by atoms with Gasteiger partial charge in [-0.1, -0.05) is 55.1 Å². The lowest BCUT2D eigenvalue weighted by molar-refractivity contribution is 1.59. The molecule has 0 aromatic carbocycles. The Balaban J connectivity index is 3.83. The zero-order chi connectivity index (χ0) is 6.57. The van der Waals surface area contributed by atoms with Gasteiger partial charge in [0.25, 0.3) is 0 Å². The minimum Gasteiger partial charge on any atom is -0.0869 e. The highest BCUT2D eigenvalue weighted by molar-refractivity contribution is 9.09. The van der Waals surface area contributed by atoms with Gasteiger partial charge in [0.15, 0.2) is 0 Å². The van der Waals surface area contributed by atoms with E-state index in [1.165, 1.54) is 0 Å². The first kappa shape index (κ1) is 9.28. The number of allylic oxidation sites excluding steroid dienone is 2. The molecule has 0 aromatic rings. The summed E-state index contributed by atoms with van der Waals surface area (Å²) in [7, 11) is 0. The lowest BCUT2D eigenvalue weighted by Gasteiger charge is -1.92. The molecule has 0 aliphatic rings. The fourth-order valence-corrected chi connectivity index (χ4v) is 1.28. The maximum absolute atomic E-state index is 5.59. The number of rotatable bonds is 2. The standard InChI is InChI=1S/C4H4Br2Cl2/c5-1-3(7)4(8)2-6/h1-2H2. The maximum Gasteiger partial charge on any atom is 0.0440 e. The van der Waals surface area contributed by atoms with Crippen LogP contribution in [0.15, 0.2) is 10.1 Å². The molecule has 0 nitrogen and oxygen atoms in total. The van der Waals surface area contributed by atoms with E-state index in [2.05, 4.69) is 31.9 Å². The van der Waals surface area contributed by atoms with E-state index in [1.54, 1.807) is 0 Å². The second-order valence-electron chi connectivity index (χ2n) is 1.08. The lowest BCUT2D eigenvalue weighted by atomic mass is 10.6. The van der Waals surface area contributed by atoms with Gasteiger partial charge in [-0.25, -0.2) is 0 Å². The Hall–Kier alpha value is 1.28. The van der Waals surface area contributed by atoms with Crippen LogP contribution in [-0.2, 0) is 0 Å². The molecule has 0 saturated carbocycles. The predicted molar refractivity (Wildman–Crippen MR) is 46.3 cm³/mol. The summed E-state index contributed by atoms with van der Waals surface area (Å²) in [5.74, 6) is 0. The summed E-state index contributed by atoms with van der Waals surface area (Å²) in [6.07, 6.45) is 0. The van der Waals surface area contributed by atoms with E-state index >= 15 is 0 Å². The fraction of sp³-hybridized carbons (Fsp3) is 0.500. The molecule has 0 amide bonds. The Labute approximate surface area is 75.5 Å². The molecule has 0 aliphatic carbocycles. The molecule has 0 N–H and O–H groups in total. The van der Waals surface area contributed by atoms with Crippen molar-refractivity contribution in [2.24, 2.45) is 0 Å². The van der Waals surface area contributed by atoms with E-state index in [0.29, 0.717) is 20.7 Å². The van der Waals surface area contributed by atoms with Crippen molar-refractivity contribution >= 4 is 55.1 Å². The summed E-state index contributed by atoms with van der Waals surface area (Å²) in [6.45, 7) is 0. The normalized spacial score (nSPS) is 13.5. The first-order valence-corrected chi connectivity index (χ1v) is 4.87. The molecule has 0 bridgehead atoms. The molecule has 0 fully saturated rings. The van der Waals surface area contributed by atoms with Gasteiger partial charge in [0.2, 0.25) is 0 Å². The molecule has 0 atom stereocenters. The van der Waals surface area contributed by atoms with Gasteiger partial charge in [0, 0.05) is 20.7 Å². The molecule has 0 saturated heterocycles. The quantitative estimate of drug-likeness (QED) is 0.681. The van der Waals surface area contributed by atoms with Crippen LogP contribution < -0.4 is 0 Å². The highest BCUT2D eigenvalue weighted by Gasteiger charge is 1.95. The Morgan fingerprint density at radius 2 is 1.25 bits per heavy atom. The highest BCUT2D eigenvalue weighted by atomic mass is 79.9. The fourth-order valence-electron chi connectivity index (χ4n) is 0.145. The van der Waals surface area contributed by atoms with Crippen molar-refractivity contribution in [3.63, 3.8) is 0 Å². The molecule has 0 aliphatic heterocycles. The number of hydrogen-bond acceptors (Lipinski definition) is 0. The van der Waals surface area contributed by atoms with Crippen LogP contribution in [0.5, 0.6) is 0 Å². The van der Waals surface area contributed by atoms with Gasteiger partial charge < -0.3 is 0 Å². The molecule has 8 heavy (non-hydrogen) atoms. The van der Waals surface area contributed by atoms with E-state index in [0.717, 1.165) is 0 Å². The van der Waals surface area contributed by atoms with Gasteiger partial charge in [0.05, 0.1) is 0 Å². The summed E-state index contributed by atoms with van der Waals surface area (Å²) in [4.78, 5) is 0. The van der Waals surface area contributed by atoms with Crippen LogP contribution in [0.25, 0.3) is 0 Å². The van der Waals surface area contributed by atoms with Crippen molar-refractivity contribution in [1.29, 1.82) is 0 Å². The first-order chi connectivity index (χ1) is 3.72. The Morgan fingerprint density at radius 1 is 1.00 bits per heavy atom. The van der Waals surface area contributed by atoms with Gasteiger partial charge in [-0.3, -0.25) is 0 Å². The SMILES string of the molecule is ClC(CBr)=C(Cl)CBr. The summed E-state index contributed by atoms with van der Waals surface area (Å²) < 4.78 is 0. The zero-order valence-corrected chi connectivity index (χ0v) is 8.61. The number of hydrogen-bond donors (Lipinski definition) is 0. The van der Waals surface area contributed by atoms with Gasteiger partial charge >= 0.3 is 0 Å². The van der Waals surface area contributed by atoms with Crippen molar-refractivity contribution in [2.45, 2.75) is 0 Å². The van der Waals surface area contributed by atoms with Crippen molar-refractivity contribution in [3.05, 3.63) is 10.1 Å². The van der Waals surface area contributed by atoms with E-state index < -0.39 is 0 Å². The third kappa shape index (κ3) is 3.33. The van der Waals surface area contributed by atoms with Gasteiger partial charge in [-0.2, -0.15) is 0 Å². The monoisotopic (exact) mass is 280 g/mol. The summed E-state index contributed by atoms with van der Waals surface area (Å²) >= 11 is 17.5. The predicted octanol–water partition coefficient (Wildman–Crippen LogP) is 3.47. The largest absolute Gasteiger partial charge is 0.0869 e. The summed E-state index contributed by atoms with van der Waals surface area (Å²) in [5, 5.41) is 2.56. The third-order valence-electron chi connectivity index (χ3n) is 0.529. The summed E-state index contributed by atoms with van der Waals surface area (Å²) in [6, 6.07) is 0. The zero-order valence-electron chi connectivity index (χ0n) is 3.93. The average molecular weight is 283 g/mol. The second-order valence-corrected chi connectivity index (χ2v) is 3.11. The van der Waals surface area contributed by atoms with Crippen molar-refractivity contribution in [2.75, 3.05) is 10.7 Å². The van der Waals surface area contributed by atoms with E-state index in [4.69, 9.17) is 23.2 Å². The van der Waals surface area contributed by atoms with Crippen LogP contribution in [0.3, 0.4) is 0 Å². The second kappa shape index (κ2) is 5.10. The number of alkyl halides is 2. The molecule has 48 valence electrons. The Bertz CT molecular complexity index is 88.2. The molecule has 4 heteroatoms. The molecule has 0 spiro atoms. The van der Waals surface area contributed by atoms with Crippen molar-refractivity contribution < 1.29 is 0 Å². The average Bonchev–Trinajstić information content (AvgIpc) is 1.84. The van der Waals surface area contributed by atoms with Crippen LogP contribution in [0.1, 0.15) is 0 Å². The molecule has 0 rings (SSSR count). The van der Waals surface area contributed by atoms with E-state index in [1.807, 2.05) is 0 Å². The van der Waals surface area contributed by atoms with Gasteiger partial charge in [-0.05, 0) is 0 Å². The molecular formula is C4H4Br2Cl2. The molecule has 0 unspecified atom stereocenters. The van der Waals surface area contributed by atoms with Crippen LogP contribution in [0.4, 0.5) is 0 Å². The minimum absolute atomic E-state index is 0.624. The van der Waals surface area contributed by atoms with Crippen LogP contribution in [0.2, 0.25) is 0 Å². The molecule has 0 aromatic heterocycles. The molecular weight excluding hydrogens is 279 g/mol. The topological polar surface area (TPSA) is 0 Å². The van der Waals surface area contributed by atoms with Crippen LogP contribution in [-0.4, -0.2) is 10.7 Å². The lowest BCUT2D eigenvalue weighted by Crippen LogP contribution is -1.79. The van der Waals surface area contributed by atoms with Crippen molar-refractivity contribution in [1.82, 2.24) is 0 Å². The van der Waals surface area contributed by atoms with Crippen molar-refractivity contribution in [3.8, 4) is 0 Å². The van der Waals surface area contributed by atoms with Gasteiger partial charge in [-0.15, -0.1) is 0 Å². The molecule has 0 radical (unpaired) electrons.